The van der Waals surface area contributed by atoms with Gasteiger partial charge < -0.3 is 29.8 Å². The van der Waals surface area contributed by atoms with E-state index in [1.807, 2.05) is 0 Å². The molecule has 7 nitrogen and oxygen atoms in total. The van der Waals surface area contributed by atoms with Crippen LogP contribution in [0.15, 0.2) is 18.2 Å². The summed E-state index contributed by atoms with van der Waals surface area (Å²) in [5.41, 5.74) is 7.55. The molecule has 2 rings (SSSR count). The van der Waals surface area contributed by atoms with Gasteiger partial charge in [-0.05, 0) is 83.8 Å². The third-order valence-corrected chi connectivity index (χ3v) is 12.7. The predicted octanol–water partition coefficient (Wildman–Crippen LogP) is 15.4. The summed E-state index contributed by atoms with van der Waals surface area (Å²) in [6.45, 7) is 27.6. The van der Waals surface area contributed by atoms with E-state index in [4.69, 9.17) is 19.6 Å². The van der Waals surface area contributed by atoms with Crippen LogP contribution in [-0.4, -0.2) is 29.8 Å². The fourth-order valence-corrected chi connectivity index (χ4v) is 8.54. The van der Waals surface area contributed by atoms with Crippen molar-refractivity contribution in [2.75, 3.05) is 0 Å². The number of rotatable bonds is 27. The molecular formula is C50H90O7P2. The van der Waals surface area contributed by atoms with E-state index in [0.29, 0.717) is 11.5 Å². The third-order valence-electron chi connectivity index (χ3n) is 11.5. The molecule has 0 aliphatic heterocycles. The molecule has 0 saturated carbocycles. The van der Waals surface area contributed by atoms with E-state index in [0.717, 1.165) is 90.5 Å². The Bertz CT molecular complexity index is 1420. The predicted molar refractivity (Wildman–Crippen MR) is 255 cm³/mol. The minimum atomic E-state index is -2.61. The molecule has 2 aromatic rings. The van der Waals surface area contributed by atoms with Crippen molar-refractivity contribution in [3.8, 4) is 22.6 Å². The van der Waals surface area contributed by atoms with Gasteiger partial charge in [0, 0.05) is 22.3 Å². The van der Waals surface area contributed by atoms with Crippen LogP contribution in [0.4, 0.5) is 0 Å². The number of benzene rings is 2. The molecule has 2 aromatic carbocycles. The van der Waals surface area contributed by atoms with E-state index < -0.39 is 17.2 Å². The van der Waals surface area contributed by atoms with Crippen LogP contribution in [0, 0.1) is 17.8 Å². The molecule has 0 spiro atoms. The molecule has 0 radical (unpaired) electrons. The fraction of sp³-hybridized carbons (Fsp3) is 0.760. The first kappa shape index (κ1) is 55.7. The summed E-state index contributed by atoms with van der Waals surface area (Å²) in [6, 6.07) is 6.92. The highest BCUT2D eigenvalue weighted by Crippen LogP contribution is 2.49. The lowest BCUT2D eigenvalue weighted by Crippen LogP contribution is -2.18. The lowest BCUT2D eigenvalue weighted by Gasteiger charge is -2.30. The van der Waals surface area contributed by atoms with Gasteiger partial charge in [-0.3, -0.25) is 0 Å². The van der Waals surface area contributed by atoms with Crippen molar-refractivity contribution in [2.45, 2.75) is 229 Å². The van der Waals surface area contributed by atoms with Gasteiger partial charge in [-0.2, -0.15) is 0 Å². The highest BCUT2D eigenvalue weighted by molar-refractivity contribution is 7.53. The minimum absolute atomic E-state index is 0.0279. The Morgan fingerprint density at radius 1 is 0.475 bits per heavy atom. The van der Waals surface area contributed by atoms with E-state index in [1.165, 1.54) is 101 Å². The highest BCUT2D eigenvalue weighted by Gasteiger charge is 2.29. The van der Waals surface area contributed by atoms with Crippen LogP contribution in [0.5, 0.6) is 11.5 Å². The molecule has 0 heterocycles. The number of hydrogen-bond donors (Lipinski definition) is 6. The zero-order chi connectivity index (χ0) is 44.8. The van der Waals surface area contributed by atoms with Gasteiger partial charge >= 0.3 is 17.2 Å². The first-order valence-electron chi connectivity index (χ1n) is 23.3. The van der Waals surface area contributed by atoms with Crippen molar-refractivity contribution >= 4 is 17.2 Å². The van der Waals surface area contributed by atoms with Gasteiger partial charge in [-0.1, -0.05) is 198 Å². The maximum Gasteiger partial charge on any atom is 0.334 e. The molecule has 0 aliphatic rings. The Morgan fingerprint density at radius 2 is 0.831 bits per heavy atom. The highest BCUT2D eigenvalue weighted by atomic mass is 31.2. The summed E-state index contributed by atoms with van der Waals surface area (Å²) in [5.74, 6) is 3.25. The van der Waals surface area contributed by atoms with Crippen LogP contribution in [0.2, 0.25) is 0 Å². The smallest absolute Gasteiger partial charge is 0.334 e. The van der Waals surface area contributed by atoms with Crippen LogP contribution >= 0.6 is 17.2 Å². The van der Waals surface area contributed by atoms with Gasteiger partial charge in [-0.15, -0.1) is 0 Å². The zero-order valence-electron chi connectivity index (χ0n) is 39.8. The van der Waals surface area contributed by atoms with E-state index in [2.05, 4.69) is 106 Å². The summed E-state index contributed by atoms with van der Waals surface area (Å²) >= 11 is 0. The zero-order valence-corrected chi connectivity index (χ0v) is 41.6. The Balaban J connectivity index is 0.00000227. The Hall–Kier alpha value is -1.30. The first-order chi connectivity index (χ1) is 27.6. The van der Waals surface area contributed by atoms with Crippen molar-refractivity contribution in [1.29, 1.82) is 0 Å². The second-order valence-corrected chi connectivity index (χ2v) is 22.1. The molecule has 0 unspecified atom stereocenters. The first-order valence-corrected chi connectivity index (χ1v) is 25.7. The summed E-state index contributed by atoms with van der Waals surface area (Å²) in [7, 11) is -5.22. The normalized spacial score (nSPS) is 12.4. The molecular weight excluding hydrogens is 774 g/mol. The summed E-state index contributed by atoms with van der Waals surface area (Å²) in [5, 5.41) is 25.0. The van der Waals surface area contributed by atoms with Gasteiger partial charge in [0.25, 0.3) is 0 Å². The summed E-state index contributed by atoms with van der Waals surface area (Å²) in [6.07, 6.45) is 24.6. The molecule has 9 heteroatoms. The van der Waals surface area contributed by atoms with E-state index >= 15 is 0 Å². The molecule has 0 amide bonds. The monoisotopic (exact) mass is 865 g/mol. The van der Waals surface area contributed by atoms with Crippen LogP contribution in [0.3, 0.4) is 0 Å². The van der Waals surface area contributed by atoms with E-state index in [9.17, 15) is 10.2 Å². The topological polar surface area (TPSA) is 131 Å². The number of phenolic OH excluding ortho intramolecular Hbond substituents is 2. The number of aromatic hydroxyl groups is 2. The third kappa shape index (κ3) is 23.1. The summed E-state index contributed by atoms with van der Waals surface area (Å²) < 4.78 is 3.60. The van der Waals surface area contributed by atoms with Crippen molar-refractivity contribution in [2.24, 2.45) is 17.8 Å². The van der Waals surface area contributed by atoms with Crippen LogP contribution < -0.4 is 0 Å². The lowest BCUT2D eigenvalue weighted by atomic mass is 9.75. The van der Waals surface area contributed by atoms with Crippen LogP contribution in [-0.2, 0) is 34.4 Å². The van der Waals surface area contributed by atoms with Crippen molar-refractivity contribution < 1.29 is 34.1 Å². The summed E-state index contributed by atoms with van der Waals surface area (Å²) in [4.78, 5) is 31.3. The fourth-order valence-electron chi connectivity index (χ4n) is 8.02. The molecule has 0 saturated heterocycles. The number of unbranched alkanes of at least 4 members (excludes halogenated alkanes) is 12. The lowest BCUT2D eigenvalue weighted by molar-refractivity contribution is 0.324. The Kier molecular flexibility index (Phi) is 27.5. The molecule has 342 valence electrons. The standard InChI is InChI=1S/C50H86O2.H4O5P2/c1-37(2)28-22-16-13-19-25-31-41-42(32-26-20-14-17-23-29-38(3)4)48(52)46(44(47(41)51)33-27-21-15-18-24-30-39(5)6)43-35-34-40(49(7,8)9)36-45(43)50(10,11)12;1-6(2)5-7(3)4/h34-39,51-52H,13-33H2,1-12H3;1-4H. The Labute approximate surface area is 365 Å². The average molecular weight is 865 g/mol. The van der Waals surface area contributed by atoms with Crippen molar-refractivity contribution in [3.63, 3.8) is 0 Å². The van der Waals surface area contributed by atoms with Crippen molar-refractivity contribution in [3.05, 3.63) is 46.0 Å². The van der Waals surface area contributed by atoms with Gasteiger partial charge in [0.2, 0.25) is 0 Å². The SMILES string of the molecule is CC(C)CCCCCCCc1c(O)c(CCCCCCCC(C)C)c(-c2ccc(C(C)(C)C)cc2C(C)(C)C)c(O)c1CCCCCCCC(C)C.OP(O)OP(O)O. The maximum absolute atomic E-state index is 12.6. The van der Waals surface area contributed by atoms with Gasteiger partial charge in [0.1, 0.15) is 11.5 Å². The van der Waals surface area contributed by atoms with Crippen molar-refractivity contribution in [1.82, 2.24) is 0 Å². The van der Waals surface area contributed by atoms with E-state index in [1.54, 1.807) is 0 Å². The average Bonchev–Trinajstić information content (AvgIpc) is 3.11. The second kappa shape index (κ2) is 29.1. The molecule has 0 aromatic heterocycles. The number of hydrogen-bond acceptors (Lipinski definition) is 7. The quantitative estimate of drug-likeness (QED) is 0.0300. The van der Waals surface area contributed by atoms with E-state index in [-0.39, 0.29) is 10.8 Å². The molecule has 6 N–H and O–H groups in total. The molecule has 0 atom stereocenters. The van der Waals surface area contributed by atoms with Gasteiger partial charge in [0.15, 0.2) is 0 Å². The van der Waals surface area contributed by atoms with Crippen LogP contribution in [0.25, 0.3) is 11.1 Å². The minimum Gasteiger partial charge on any atom is -0.507 e. The largest absolute Gasteiger partial charge is 0.507 e. The second-order valence-electron chi connectivity index (χ2n) is 20.5. The molecule has 59 heavy (non-hydrogen) atoms. The van der Waals surface area contributed by atoms with Gasteiger partial charge in [-0.25, -0.2) is 4.31 Å². The van der Waals surface area contributed by atoms with Gasteiger partial charge in [0.05, 0.1) is 0 Å². The number of phenols is 2. The molecule has 0 bridgehead atoms. The Morgan fingerprint density at radius 3 is 1.17 bits per heavy atom. The van der Waals surface area contributed by atoms with Crippen LogP contribution in [0.1, 0.15) is 226 Å². The maximum atomic E-state index is 12.6. The molecule has 0 fully saturated rings. The molecule has 0 aliphatic carbocycles.